The van der Waals surface area contributed by atoms with Gasteiger partial charge in [-0.15, -0.1) is 0 Å². The van der Waals surface area contributed by atoms with Crippen molar-refractivity contribution in [1.82, 2.24) is 15.3 Å². The predicted molar refractivity (Wildman–Crippen MR) is 87.0 cm³/mol. The summed E-state index contributed by atoms with van der Waals surface area (Å²) in [6.45, 7) is -0.381. The number of nitrogens with two attached hydrogens (primary N) is 1. The number of rotatable bonds is 4. The number of nitrogen functional groups attached to an aromatic ring is 1. The highest BCUT2D eigenvalue weighted by Gasteiger charge is 2.22. The van der Waals surface area contributed by atoms with Crippen molar-refractivity contribution in [3.8, 4) is 0 Å². The molecule has 1 amide bonds. The van der Waals surface area contributed by atoms with Gasteiger partial charge in [0.25, 0.3) is 5.91 Å². The number of hydrogen-bond donors (Lipinski definition) is 2. The number of ether oxygens (including phenoxy) is 1. The third-order valence-electron chi connectivity index (χ3n) is 3.96. The summed E-state index contributed by atoms with van der Waals surface area (Å²) in [6.07, 6.45) is 5.61. The zero-order chi connectivity index (χ0) is 16.9. The van der Waals surface area contributed by atoms with E-state index in [4.69, 9.17) is 10.5 Å². The van der Waals surface area contributed by atoms with Crippen LogP contribution in [0.25, 0.3) is 0 Å². The minimum atomic E-state index is -0.764. The van der Waals surface area contributed by atoms with Crippen LogP contribution in [0.5, 0.6) is 0 Å². The summed E-state index contributed by atoms with van der Waals surface area (Å²) >= 11 is 0. The molecule has 0 unspecified atom stereocenters. The molecular formula is C17H18N4O3. The van der Waals surface area contributed by atoms with Gasteiger partial charge in [-0.1, -0.05) is 24.3 Å². The fourth-order valence-corrected chi connectivity index (χ4v) is 2.85. The Morgan fingerprint density at radius 2 is 2.04 bits per heavy atom. The average Bonchev–Trinajstić information content (AvgIpc) is 2.60. The van der Waals surface area contributed by atoms with Gasteiger partial charge in [0.1, 0.15) is 0 Å². The van der Waals surface area contributed by atoms with E-state index in [2.05, 4.69) is 21.4 Å². The van der Waals surface area contributed by atoms with Crippen LogP contribution in [-0.4, -0.2) is 28.5 Å². The topological polar surface area (TPSA) is 107 Å². The molecule has 0 aliphatic heterocycles. The minimum absolute atomic E-state index is 0.0240. The number of nitrogens with one attached hydrogen (secondary N) is 1. The fourth-order valence-electron chi connectivity index (χ4n) is 2.85. The van der Waals surface area contributed by atoms with Crippen LogP contribution in [0.1, 0.15) is 40.5 Å². The molecule has 3 rings (SSSR count). The van der Waals surface area contributed by atoms with Gasteiger partial charge in [0.05, 0.1) is 6.04 Å². The molecule has 1 atom stereocenters. The van der Waals surface area contributed by atoms with Crippen LogP contribution in [0.4, 0.5) is 5.82 Å². The van der Waals surface area contributed by atoms with Crippen molar-refractivity contribution < 1.29 is 14.3 Å². The Kier molecular flexibility index (Phi) is 4.69. The first kappa shape index (κ1) is 15.9. The number of hydrogen-bond acceptors (Lipinski definition) is 6. The molecule has 7 heteroatoms. The van der Waals surface area contributed by atoms with Gasteiger partial charge >= 0.3 is 5.97 Å². The molecule has 0 saturated heterocycles. The first-order valence-corrected chi connectivity index (χ1v) is 7.76. The third kappa shape index (κ3) is 3.51. The molecule has 0 radical (unpaired) electrons. The normalized spacial score (nSPS) is 16.1. The Bertz CT molecular complexity index is 763. The van der Waals surface area contributed by atoms with Crippen molar-refractivity contribution in [1.29, 1.82) is 0 Å². The maximum absolute atomic E-state index is 12.1. The molecule has 7 nitrogen and oxygen atoms in total. The maximum Gasteiger partial charge on any atom is 0.361 e. The van der Waals surface area contributed by atoms with Gasteiger partial charge in [0.15, 0.2) is 18.1 Å². The minimum Gasteiger partial charge on any atom is -0.451 e. The number of aromatic nitrogens is 2. The van der Waals surface area contributed by atoms with Gasteiger partial charge in [-0.3, -0.25) is 4.79 Å². The largest absolute Gasteiger partial charge is 0.451 e. The third-order valence-corrected chi connectivity index (χ3v) is 3.96. The SMILES string of the molecule is Nc1nccnc1C(=O)OCC(=O)N[C@@H]1CCCc2ccccc21. The molecule has 124 valence electrons. The quantitative estimate of drug-likeness (QED) is 0.823. The molecule has 1 aromatic carbocycles. The summed E-state index contributed by atoms with van der Waals surface area (Å²) in [5.74, 6) is -1.14. The number of amides is 1. The highest BCUT2D eigenvalue weighted by atomic mass is 16.5. The lowest BCUT2D eigenvalue weighted by atomic mass is 9.88. The molecule has 0 fully saturated rings. The van der Waals surface area contributed by atoms with E-state index in [-0.39, 0.29) is 30.1 Å². The van der Waals surface area contributed by atoms with E-state index in [1.54, 1.807) is 0 Å². The molecule has 2 aromatic rings. The van der Waals surface area contributed by atoms with Crippen molar-refractivity contribution in [3.63, 3.8) is 0 Å². The van der Waals surface area contributed by atoms with E-state index in [1.165, 1.54) is 18.0 Å². The number of benzene rings is 1. The molecule has 1 aliphatic carbocycles. The Labute approximate surface area is 139 Å². The van der Waals surface area contributed by atoms with Crippen LogP contribution in [0.3, 0.4) is 0 Å². The lowest BCUT2D eigenvalue weighted by Gasteiger charge is -2.26. The zero-order valence-corrected chi connectivity index (χ0v) is 13.1. The molecule has 0 saturated carbocycles. The number of carbonyl (C=O) groups excluding carboxylic acids is 2. The summed E-state index contributed by atoms with van der Waals surface area (Å²) < 4.78 is 4.97. The summed E-state index contributed by atoms with van der Waals surface area (Å²) in [6, 6.07) is 8.00. The van der Waals surface area contributed by atoms with Gasteiger partial charge in [-0.25, -0.2) is 14.8 Å². The van der Waals surface area contributed by atoms with Gasteiger partial charge in [0.2, 0.25) is 0 Å². The second kappa shape index (κ2) is 7.08. The molecule has 3 N–H and O–H groups in total. The van der Waals surface area contributed by atoms with E-state index in [1.807, 2.05) is 18.2 Å². The zero-order valence-electron chi connectivity index (χ0n) is 13.1. The number of esters is 1. The summed E-state index contributed by atoms with van der Waals surface area (Å²) in [5, 5.41) is 2.91. The van der Waals surface area contributed by atoms with Crippen molar-refractivity contribution in [2.24, 2.45) is 0 Å². The number of carbonyl (C=O) groups is 2. The summed E-state index contributed by atoms with van der Waals surface area (Å²) in [4.78, 5) is 31.5. The van der Waals surface area contributed by atoms with Crippen molar-refractivity contribution in [3.05, 3.63) is 53.5 Å². The highest BCUT2D eigenvalue weighted by molar-refractivity contribution is 5.93. The summed E-state index contributed by atoms with van der Waals surface area (Å²) in [5.41, 5.74) is 7.84. The average molecular weight is 326 g/mol. The number of nitrogens with zero attached hydrogens (tertiary/aromatic N) is 2. The van der Waals surface area contributed by atoms with E-state index in [0.29, 0.717) is 0 Å². The monoisotopic (exact) mass is 326 g/mol. The maximum atomic E-state index is 12.1. The first-order valence-electron chi connectivity index (χ1n) is 7.76. The molecule has 1 heterocycles. The number of anilines is 1. The first-order chi connectivity index (χ1) is 11.6. The van der Waals surface area contributed by atoms with Crippen LogP contribution in [0, 0.1) is 0 Å². The van der Waals surface area contributed by atoms with Crippen LogP contribution in [-0.2, 0) is 16.0 Å². The Morgan fingerprint density at radius 1 is 1.25 bits per heavy atom. The predicted octanol–water partition coefficient (Wildman–Crippen LogP) is 1.41. The lowest BCUT2D eigenvalue weighted by molar-refractivity contribution is -0.125. The highest BCUT2D eigenvalue weighted by Crippen LogP contribution is 2.29. The van der Waals surface area contributed by atoms with Gasteiger partial charge < -0.3 is 15.8 Å². The van der Waals surface area contributed by atoms with E-state index in [9.17, 15) is 9.59 Å². The molecule has 24 heavy (non-hydrogen) atoms. The number of aryl methyl sites for hydroxylation is 1. The van der Waals surface area contributed by atoms with E-state index < -0.39 is 5.97 Å². The molecular weight excluding hydrogens is 308 g/mol. The smallest absolute Gasteiger partial charge is 0.361 e. The van der Waals surface area contributed by atoms with Crippen LogP contribution in [0.2, 0.25) is 0 Å². The van der Waals surface area contributed by atoms with Gasteiger partial charge in [0, 0.05) is 12.4 Å². The van der Waals surface area contributed by atoms with Gasteiger partial charge in [-0.2, -0.15) is 0 Å². The standard InChI is InChI=1S/C17H18N4O3/c18-16-15(19-8-9-20-16)17(23)24-10-14(22)21-13-7-3-5-11-4-1-2-6-12(11)13/h1-2,4,6,8-9,13H,3,5,7,10H2,(H2,18,20)(H,21,22)/t13-/m1/s1. The van der Waals surface area contributed by atoms with Crippen LogP contribution < -0.4 is 11.1 Å². The molecule has 1 aliphatic rings. The van der Waals surface area contributed by atoms with Crippen molar-refractivity contribution in [2.45, 2.75) is 25.3 Å². The molecule has 0 spiro atoms. The summed E-state index contributed by atoms with van der Waals surface area (Å²) in [7, 11) is 0. The van der Waals surface area contributed by atoms with Gasteiger partial charge in [-0.05, 0) is 30.4 Å². The van der Waals surface area contributed by atoms with Crippen LogP contribution >= 0.6 is 0 Å². The number of fused-ring (bicyclic) bond motifs is 1. The van der Waals surface area contributed by atoms with Crippen LogP contribution in [0.15, 0.2) is 36.7 Å². The molecule has 0 bridgehead atoms. The second-order valence-electron chi connectivity index (χ2n) is 5.58. The molecule has 1 aromatic heterocycles. The Morgan fingerprint density at radius 3 is 2.88 bits per heavy atom. The lowest BCUT2D eigenvalue weighted by Crippen LogP contribution is -2.34. The Balaban J connectivity index is 1.57. The fraction of sp³-hybridized carbons (Fsp3) is 0.294. The second-order valence-corrected chi connectivity index (χ2v) is 5.58. The van der Waals surface area contributed by atoms with E-state index in [0.717, 1.165) is 24.8 Å². The Hall–Kier alpha value is -2.96. The van der Waals surface area contributed by atoms with Crippen molar-refractivity contribution >= 4 is 17.7 Å². The van der Waals surface area contributed by atoms with Crippen molar-refractivity contribution in [2.75, 3.05) is 12.3 Å². The van der Waals surface area contributed by atoms with E-state index >= 15 is 0 Å².